The molecule has 1 aromatic heterocycles. The van der Waals surface area contributed by atoms with Gasteiger partial charge in [0.2, 0.25) is 0 Å². The lowest BCUT2D eigenvalue weighted by molar-refractivity contribution is 0.0361. The third-order valence-corrected chi connectivity index (χ3v) is 1.99. The monoisotopic (exact) mass is 199 g/mol. The van der Waals surface area contributed by atoms with E-state index in [-0.39, 0.29) is 0 Å². The molecule has 1 rings (SSSR count). The molecule has 0 amide bonds. The zero-order chi connectivity index (χ0) is 10.8. The van der Waals surface area contributed by atoms with E-state index in [9.17, 15) is 9.59 Å². The lowest BCUT2D eigenvalue weighted by Gasteiger charge is -2.22. The first kappa shape index (κ1) is 10.6. The van der Waals surface area contributed by atoms with E-state index in [0.29, 0.717) is 6.42 Å². The van der Waals surface area contributed by atoms with Crippen LogP contribution in [0.5, 0.6) is 0 Å². The standard InChI is InChI=1S/C9H13NO4/c1-4-9(2,3)14-8(12)10-5-6-13-7(10)11/h5-6H,4H2,1-3H3. The van der Waals surface area contributed by atoms with Gasteiger partial charge in [-0.2, -0.15) is 4.57 Å². The SMILES string of the molecule is CCC(C)(C)OC(=O)n1ccoc1=O. The zero-order valence-electron chi connectivity index (χ0n) is 8.44. The summed E-state index contributed by atoms with van der Waals surface area (Å²) in [4.78, 5) is 22.3. The maximum atomic E-state index is 11.4. The van der Waals surface area contributed by atoms with E-state index in [4.69, 9.17) is 4.74 Å². The van der Waals surface area contributed by atoms with Crippen LogP contribution in [0.4, 0.5) is 4.79 Å². The quantitative estimate of drug-likeness (QED) is 0.726. The predicted octanol–water partition coefficient (Wildman–Crippen LogP) is 1.61. The van der Waals surface area contributed by atoms with Gasteiger partial charge in [0.25, 0.3) is 0 Å². The van der Waals surface area contributed by atoms with Crippen LogP contribution in [0.1, 0.15) is 27.2 Å². The van der Waals surface area contributed by atoms with Crippen molar-refractivity contribution in [2.75, 3.05) is 0 Å². The maximum Gasteiger partial charge on any atom is 0.428 e. The van der Waals surface area contributed by atoms with Gasteiger partial charge < -0.3 is 9.15 Å². The summed E-state index contributed by atoms with van der Waals surface area (Å²) >= 11 is 0. The second kappa shape index (κ2) is 3.69. The second-order valence-corrected chi connectivity index (χ2v) is 3.52. The molecular formula is C9H13NO4. The summed E-state index contributed by atoms with van der Waals surface area (Å²) < 4.78 is 10.3. The van der Waals surface area contributed by atoms with Crippen molar-refractivity contribution in [2.24, 2.45) is 0 Å². The largest absolute Gasteiger partial charge is 0.443 e. The Balaban J connectivity index is 2.79. The molecule has 0 fully saturated rings. The van der Waals surface area contributed by atoms with Gasteiger partial charge in [0, 0.05) is 0 Å². The third kappa shape index (κ3) is 2.25. The lowest BCUT2D eigenvalue weighted by Crippen LogP contribution is -2.32. The Hall–Kier alpha value is -1.52. The van der Waals surface area contributed by atoms with Crippen LogP contribution in [0.2, 0.25) is 0 Å². The Morgan fingerprint density at radius 3 is 2.71 bits per heavy atom. The van der Waals surface area contributed by atoms with E-state index in [0.717, 1.165) is 10.8 Å². The third-order valence-electron chi connectivity index (χ3n) is 1.99. The van der Waals surface area contributed by atoms with Crippen LogP contribution in [0.15, 0.2) is 21.7 Å². The van der Waals surface area contributed by atoms with Gasteiger partial charge in [-0.25, -0.2) is 9.59 Å². The van der Waals surface area contributed by atoms with Crippen molar-refractivity contribution in [3.8, 4) is 0 Å². The highest BCUT2D eigenvalue weighted by atomic mass is 16.6. The molecule has 5 nitrogen and oxygen atoms in total. The fourth-order valence-electron chi connectivity index (χ4n) is 0.760. The van der Waals surface area contributed by atoms with Crippen molar-refractivity contribution < 1.29 is 13.9 Å². The Labute approximate surface area is 81.3 Å². The van der Waals surface area contributed by atoms with Gasteiger partial charge in [-0.3, -0.25) is 0 Å². The summed E-state index contributed by atoms with van der Waals surface area (Å²) in [5.41, 5.74) is -0.576. The molecule has 0 aliphatic heterocycles. The molecule has 0 saturated heterocycles. The number of rotatable bonds is 2. The molecule has 78 valence electrons. The molecule has 0 unspecified atom stereocenters. The second-order valence-electron chi connectivity index (χ2n) is 3.52. The lowest BCUT2D eigenvalue weighted by atomic mass is 10.1. The summed E-state index contributed by atoms with van der Waals surface area (Å²) in [5, 5.41) is 0. The number of hydrogen-bond donors (Lipinski definition) is 0. The van der Waals surface area contributed by atoms with Crippen LogP contribution in [-0.4, -0.2) is 16.3 Å². The molecule has 0 N–H and O–H groups in total. The number of oxazole rings is 1. The van der Waals surface area contributed by atoms with Gasteiger partial charge in [0.1, 0.15) is 11.9 Å². The number of carbonyl (C=O) groups excluding carboxylic acids is 1. The van der Waals surface area contributed by atoms with Crippen molar-refractivity contribution in [2.45, 2.75) is 32.8 Å². The summed E-state index contributed by atoms with van der Waals surface area (Å²) in [7, 11) is 0. The summed E-state index contributed by atoms with van der Waals surface area (Å²) in [6.45, 7) is 5.44. The number of hydrogen-bond acceptors (Lipinski definition) is 4. The predicted molar refractivity (Wildman–Crippen MR) is 49.2 cm³/mol. The summed E-state index contributed by atoms with van der Waals surface area (Å²) in [5.74, 6) is -0.734. The number of carbonyl (C=O) groups is 1. The van der Waals surface area contributed by atoms with Crippen LogP contribution < -0.4 is 5.76 Å². The minimum Gasteiger partial charge on any atom is -0.443 e. The van der Waals surface area contributed by atoms with E-state index < -0.39 is 17.5 Å². The molecule has 1 aromatic rings. The summed E-state index contributed by atoms with van der Waals surface area (Å²) in [6, 6.07) is 0. The fourth-order valence-corrected chi connectivity index (χ4v) is 0.760. The molecule has 0 aliphatic carbocycles. The molecule has 0 saturated carbocycles. The molecule has 0 aliphatic rings. The number of aromatic nitrogens is 1. The normalized spacial score (nSPS) is 11.4. The first-order chi connectivity index (χ1) is 6.46. The Kier molecular flexibility index (Phi) is 2.78. The molecule has 0 radical (unpaired) electrons. The van der Waals surface area contributed by atoms with Gasteiger partial charge in [-0.05, 0) is 20.3 Å². The van der Waals surface area contributed by atoms with Crippen molar-refractivity contribution in [1.29, 1.82) is 0 Å². The fraction of sp³-hybridized carbons (Fsp3) is 0.556. The van der Waals surface area contributed by atoms with Crippen LogP contribution in [-0.2, 0) is 4.74 Å². The van der Waals surface area contributed by atoms with E-state index in [1.165, 1.54) is 6.20 Å². The highest BCUT2D eigenvalue weighted by Crippen LogP contribution is 2.14. The van der Waals surface area contributed by atoms with Crippen LogP contribution in [0, 0.1) is 0 Å². The van der Waals surface area contributed by atoms with E-state index in [1.807, 2.05) is 6.92 Å². The van der Waals surface area contributed by atoms with Crippen molar-refractivity contribution in [3.05, 3.63) is 23.0 Å². The molecular weight excluding hydrogens is 186 g/mol. The van der Waals surface area contributed by atoms with E-state index >= 15 is 0 Å². The molecule has 0 atom stereocenters. The molecule has 0 spiro atoms. The smallest absolute Gasteiger partial charge is 0.428 e. The van der Waals surface area contributed by atoms with Crippen molar-refractivity contribution in [1.82, 2.24) is 4.57 Å². The number of nitrogens with zero attached hydrogens (tertiary/aromatic N) is 1. The Bertz CT molecular complexity index is 374. The molecule has 1 heterocycles. The van der Waals surface area contributed by atoms with E-state index in [1.54, 1.807) is 13.8 Å². The minimum absolute atomic E-state index is 0.576. The molecule has 14 heavy (non-hydrogen) atoms. The van der Waals surface area contributed by atoms with E-state index in [2.05, 4.69) is 4.42 Å². The molecule has 0 aromatic carbocycles. The van der Waals surface area contributed by atoms with Gasteiger partial charge in [-0.1, -0.05) is 6.92 Å². The van der Waals surface area contributed by atoms with Crippen LogP contribution in [0.25, 0.3) is 0 Å². The first-order valence-electron chi connectivity index (χ1n) is 4.36. The first-order valence-corrected chi connectivity index (χ1v) is 4.36. The van der Waals surface area contributed by atoms with Crippen LogP contribution in [0.3, 0.4) is 0 Å². The average molecular weight is 199 g/mol. The highest BCUT2D eigenvalue weighted by Gasteiger charge is 2.22. The minimum atomic E-state index is -0.734. The summed E-state index contributed by atoms with van der Waals surface area (Å²) in [6.07, 6.45) is 2.33. The van der Waals surface area contributed by atoms with Gasteiger partial charge >= 0.3 is 11.8 Å². The Morgan fingerprint density at radius 2 is 2.29 bits per heavy atom. The van der Waals surface area contributed by atoms with Gasteiger partial charge in [0.05, 0.1) is 6.20 Å². The topological polar surface area (TPSA) is 61.4 Å². The van der Waals surface area contributed by atoms with Gasteiger partial charge in [0.15, 0.2) is 0 Å². The highest BCUT2D eigenvalue weighted by molar-refractivity contribution is 5.70. The van der Waals surface area contributed by atoms with Crippen LogP contribution >= 0.6 is 0 Å². The average Bonchev–Trinajstić information content (AvgIpc) is 2.51. The molecule has 0 bridgehead atoms. The van der Waals surface area contributed by atoms with Crippen molar-refractivity contribution in [3.63, 3.8) is 0 Å². The van der Waals surface area contributed by atoms with Crippen molar-refractivity contribution >= 4 is 6.09 Å². The maximum absolute atomic E-state index is 11.4. The zero-order valence-corrected chi connectivity index (χ0v) is 8.44. The Morgan fingerprint density at radius 1 is 1.64 bits per heavy atom. The van der Waals surface area contributed by atoms with Gasteiger partial charge in [-0.15, -0.1) is 0 Å². The molecule has 5 heteroatoms. The number of ether oxygens (including phenoxy) is 1.